The summed E-state index contributed by atoms with van der Waals surface area (Å²) in [4.78, 5) is 18.2. The molecule has 5 nitrogen and oxygen atoms in total. The van der Waals surface area contributed by atoms with Crippen LogP contribution in [0, 0.1) is 5.41 Å². The minimum absolute atomic E-state index is 0.0897. The summed E-state index contributed by atoms with van der Waals surface area (Å²) in [6.45, 7) is 3.46. The Morgan fingerprint density at radius 2 is 2.06 bits per heavy atom. The lowest BCUT2D eigenvalue weighted by molar-refractivity contribution is -0.150. The van der Waals surface area contributed by atoms with E-state index >= 15 is 0 Å². The van der Waals surface area contributed by atoms with Gasteiger partial charge in [-0.1, -0.05) is 23.7 Å². The first-order chi connectivity index (χ1) is 14.8. The SMILES string of the molecule is C[C@]1(C(=O)O)CC[C@H](N2CCc3cc(/C(F)=C/c4cccc(O)c4Cl)ncc3C2)CC1. The van der Waals surface area contributed by atoms with Gasteiger partial charge >= 0.3 is 5.97 Å². The van der Waals surface area contributed by atoms with Crippen molar-refractivity contribution in [2.45, 2.75) is 51.6 Å². The van der Waals surface area contributed by atoms with Gasteiger partial charge in [-0.15, -0.1) is 0 Å². The van der Waals surface area contributed by atoms with E-state index in [1.54, 1.807) is 24.4 Å². The molecule has 1 aromatic heterocycles. The Hall–Kier alpha value is -2.44. The quantitative estimate of drug-likeness (QED) is 0.669. The number of phenols is 1. The number of hydrogen-bond donors (Lipinski definition) is 2. The maximum Gasteiger partial charge on any atom is 0.309 e. The van der Waals surface area contributed by atoms with Gasteiger partial charge in [-0.25, -0.2) is 4.39 Å². The van der Waals surface area contributed by atoms with Gasteiger partial charge in [0.15, 0.2) is 0 Å². The number of pyridine rings is 1. The lowest BCUT2D eigenvalue weighted by Gasteiger charge is -2.41. The van der Waals surface area contributed by atoms with Crippen LogP contribution in [0.2, 0.25) is 5.02 Å². The lowest BCUT2D eigenvalue weighted by atomic mass is 9.73. The minimum atomic E-state index is -0.700. The number of hydrogen-bond acceptors (Lipinski definition) is 4. The molecule has 0 unspecified atom stereocenters. The molecule has 0 amide bonds. The normalized spacial score (nSPS) is 24.6. The molecular weight excluding hydrogens is 419 g/mol. The fraction of sp³-hybridized carbons (Fsp3) is 0.417. The Bertz CT molecular complexity index is 1030. The van der Waals surface area contributed by atoms with Gasteiger partial charge in [0.1, 0.15) is 11.6 Å². The second-order valence-corrected chi connectivity index (χ2v) is 9.21. The summed E-state index contributed by atoms with van der Waals surface area (Å²) in [5.41, 5.74) is 2.21. The summed E-state index contributed by atoms with van der Waals surface area (Å²) in [7, 11) is 0. The van der Waals surface area contributed by atoms with Gasteiger partial charge in [0, 0.05) is 25.3 Å². The number of carbonyl (C=O) groups is 1. The first kappa shape index (κ1) is 21.8. The molecule has 7 heteroatoms. The molecule has 2 N–H and O–H groups in total. The summed E-state index contributed by atoms with van der Waals surface area (Å²) in [6.07, 6.45) is 6.98. The van der Waals surface area contributed by atoms with Crippen molar-refractivity contribution in [2.24, 2.45) is 5.41 Å². The fourth-order valence-corrected chi connectivity index (χ4v) is 4.76. The first-order valence-corrected chi connectivity index (χ1v) is 10.9. The molecule has 1 aromatic carbocycles. The van der Waals surface area contributed by atoms with Crippen LogP contribution in [0.4, 0.5) is 4.39 Å². The maximum atomic E-state index is 14.8. The minimum Gasteiger partial charge on any atom is -0.506 e. The summed E-state index contributed by atoms with van der Waals surface area (Å²) in [5, 5.41) is 19.2. The topological polar surface area (TPSA) is 73.7 Å². The van der Waals surface area contributed by atoms with Gasteiger partial charge in [0.25, 0.3) is 0 Å². The average Bonchev–Trinajstić information content (AvgIpc) is 2.76. The first-order valence-electron chi connectivity index (χ1n) is 10.6. The van der Waals surface area contributed by atoms with E-state index in [9.17, 15) is 19.4 Å². The number of rotatable bonds is 4. The van der Waals surface area contributed by atoms with Crippen LogP contribution in [0.5, 0.6) is 5.75 Å². The molecule has 4 rings (SSSR count). The molecule has 1 fully saturated rings. The third-order valence-corrected chi connectivity index (χ3v) is 7.16. The molecular formula is C24H26ClFN2O3. The van der Waals surface area contributed by atoms with Gasteiger partial charge in [-0.05, 0) is 73.9 Å². The van der Waals surface area contributed by atoms with Crippen molar-refractivity contribution >= 4 is 29.5 Å². The van der Waals surface area contributed by atoms with Crippen molar-refractivity contribution in [3.63, 3.8) is 0 Å². The average molecular weight is 445 g/mol. The van der Waals surface area contributed by atoms with Gasteiger partial charge in [0.2, 0.25) is 0 Å². The van der Waals surface area contributed by atoms with Crippen LogP contribution >= 0.6 is 11.6 Å². The van der Waals surface area contributed by atoms with E-state index in [0.717, 1.165) is 43.5 Å². The number of carboxylic acids is 1. The molecule has 2 heterocycles. The van der Waals surface area contributed by atoms with E-state index < -0.39 is 17.2 Å². The molecule has 0 radical (unpaired) electrons. The van der Waals surface area contributed by atoms with Crippen LogP contribution in [0.25, 0.3) is 11.9 Å². The highest BCUT2D eigenvalue weighted by Crippen LogP contribution is 2.39. The van der Waals surface area contributed by atoms with Crippen molar-refractivity contribution in [3.8, 4) is 5.75 Å². The zero-order valence-corrected chi connectivity index (χ0v) is 18.2. The Morgan fingerprint density at radius 3 is 2.77 bits per heavy atom. The van der Waals surface area contributed by atoms with Gasteiger partial charge in [-0.2, -0.15) is 0 Å². The molecule has 0 spiro atoms. The summed E-state index contributed by atoms with van der Waals surface area (Å²) < 4.78 is 14.8. The molecule has 1 aliphatic carbocycles. The van der Waals surface area contributed by atoms with E-state index in [-0.39, 0.29) is 16.5 Å². The van der Waals surface area contributed by atoms with Crippen molar-refractivity contribution in [3.05, 3.63) is 57.9 Å². The Balaban J connectivity index is 1.46. The number of aromatic hydroxyl groups is 1. The number of aliphatic carboxylic acids is 1. The Morgan fingerprint density at radius 1 is 1.32 bits per heavy atom. The monoisotopic (exact) mass is 444 g/mol. The van der Waals surface area contributed by atoms with Crippen LogP contribution < -0.4 is 0 Å². The molecule has 1 saturated carbocycles. The van der Waals surface area contributed by atoms with E-state index in [0.29, 0.717) is 24.4 Å². The van der Waals surface area contributed by atoms with Crippen LogP contribution in [0.15, 0.2) is 30.5 Å². The van der Waals surface area contributed by atoms with Gasteiger partial charge < -0.3 is 10.2 Å². The van der Waals surface area contributed by atoms with Crippen LogP contribution in [0.3, 0.4) is 0 Å². The number of phenolic OH excluding ortho intramolecular Hbond substituents is 1. The summed E-state index contributed by atoms with van der Waals surface area (Å²) in [5.74, 6) is -1.29. The highest BCUT2D eigenvalue weighted by molar-refractivity contribution is 6.33. The zero-order valence-electron chi connectivity index (χ0n) is 17.4. The number of benzene rings is 1. The number of carboxylic acid groups (broad SMARTS) is 1. The number of halogens is 2. The summed E-state index contributed by atoms with van der Waals surface area (Å²) >= 11 is 6.05. The number of nitrogens with zero attached hydrogens (tertiary/aromatic N) is 2. The highest BCUT2D eigenvalue weighted by Gasteiger charge is 2.39. The van der Waals surface area contributed by atoms with E-state index in [1.165, 1.54) is 12.1 Å². The lowest BCUT2D eigenvalue weighted by Crippen LogP contribution is -2.44. The van der Waals surface area contributed by atoms with E-state index in [4.69, 9.17) is 11.6 Å². The maximum absolute atomic E-state index is 14.8. The van der Waals surface area contributed by atoms with Crippen LogP contribution in [0.1, 0.15) is 55.0 Å². The Kier molecular flexibility index (Phi) is 6.04. The molecule has 0 atom stereocenters. The number of aromatic nitrogens is 1. The third kappa shape index (κ3) is 4.46. The predicted octanol–water partition coefficient (Wildman–Crippen LogP) is 5.30. The molecule has 2 aliphatic rings. The molecule has 164 valence electrons. The third-order valence-electron chi connectivity index (χ3n) is 6.75. The molecule has 0 saturated heterocycles. The number of fused-ring (bicyclic) bond motifs is 1. The zero-order chi connectivity index (χ0) is 22.2. The largest absolute Gasteiger partial charge is 0.506 e. The molecule has 2 aromatic rings. The molecule has 0 bridgehead atoms. The molecule has 1 aliphatic heterocycles. The van der Waals surface area contributed by atoms with Gasteiger partial charge in [-0.3, -0.25) is 14.7 Å². The van der Waals surface area contributed by atoms with Crippen LogP contribution in [-0.2, 0) is 17.8 Å². The Labute approximate surface area is 186 Å². The molecule has 31 heavy (non-hydrogen) atoms. The fourth-order valence-electron chi connectivity index (χ4n) is 4.58. The van der Waals surface area contributed by atoms with E-state index in [1.807, 2.05) is 6.92 Å². The second kappa shape index (κ2) is 8.60. The van der Waals surface area contributed by atoms with Crippen molar-refractivity contribution in [1.82, 2.24) is 9.88 Å². The van der Waals surface area contributed by atoms with Crippen molar-refractivity contribution < 1.29 is 19.4 Å². The predicted molar refractivity (Wildman–Crippen MR) is 118 cm³/mol. The second-order valence-electron chi connectivity index (χ2n) is 8.83. The highest BCUT2D eigenvalue weighted by atomic mass is 35.5. The standard InChI is InChI=1S/C24H26ClFN2O3/c1-24(23(30)31)8-5-18(6-9-24)28-10-7-15-12-20(27-13-17(15)14-28)19(26)11-16-3-2-4-21(29)22(16)25/h2-4,11-13,18,29H,5-10,14H2,1H3,(H,30,31)/b19-11-/t18-,24-. The van der Waals surface area contributed by atoms with Crippen LogP contribution in [-0.4, -0.2) is 38.7 Å². The van der Waals surface area contributed by atoms with Crippen molar-refractivity contribution in [2.75, 3.05) is 6.54 Å². The smallest absolute Gasteiger partial charge is 0.309 e. The van der Waals surface area contributed by atoms with E-state index in [2.05, 4.69) is 9.88 Å². The van der Waals surface area contributed by atoms with Crippen molar-refractivity contribution in [1.29, 1.82) is 0 Å². The van der Waals surface area contributed by atoms with Gasteiger partial charge in [0.05, 0.1) is 16.1 Å². The summed E-state index contributed by atoms with van der Waals surface area (Å²) in [6, 6.07) is 6.87.